The molecule has 0 atom stereocenters. The molecule has 0 fully saturated rings. The van der Waals surface area contributed by atoms with Gasteiger partial charge in [-0.15, -0.1) is 0 Å². The summed E-state index contributed by atoms with van der Waals surface area (Å²) in [6.45, 7) is 0.473. The molecule has 1 heterocycles. The van der Waals surface area contributed by atoms with Crippen LogP contribution in [0.5, 0.6) is 0 Å². The molecule has 4 N–H and O–H groups in total. The molecule has 0 aliphatic carbocycles. The molecule has 0 aliphatic rings. The number of nitrogens with two attached hydrogens (primary N) is 1. The minimum atomic E-state index is -0.829. The van der Waals surface area contributed by atoms with Crippen LogP contribution in [0.15, 0.2) is 39.5 Å². The third-order valence-electron chi connectivity index (χ3n) is 2.94. The Morgan fingerprint density at radius 2 is 2.09 bits per heavy atom. The van der Waals surface area contributed by atoms with Crippen LogP contribution in [0.4, 0.5) is 4.79 Å². The fraction of sp³-hybridized carbons (Fsp3) is 0.267. The summed E-state index contributed by atoms with van der Waals surface area (Å²) in [5, 5.41) is 10.2. The lowest BCUT2D eigenvalue weighted by atomic mass is 10.1. The Kier molecular flexibility index (Phi) is 5.56. The van der Waals surface area contributed by atoms with Crippen molar-refractivity contribution >= 4 is 23.1 Å². The van der Waals surface area contributed by atoms with Gasteiger partial charge in [-0.25, -0.2) is 9.59 Å². The van der Waals surface area contributed by atoms with Crippen molar-refractivity contribution in [1.29, 1.82) is 5.41 Å². The lowest BCUT2D eigenvalue weighted by molar-refractivity contribution is 0.0496. The topological polar surface area (TPSA) is 128 Å². The van der Waals surface area contributed by atoms with Gasteiger partial charge in [-0.3, -0.25) is 5.41 Å². The van der Waals surface area contributed by atoms with Crippen LogP contribution < -0.4 is 16.7 Å². The van der Waals surface area contributed by atoms with E-state index in [-0.39, 0.29) is 19.2 Å². The second kappa shape index (κ2) is 7.83. The van der Waals surface area contributed by atoms with Gasteiger partial charge >= 0.3 is 11.8 Å². The first-order valence-electron chi connectivity index (χ1n) is 6.95. The highest BCUT2D eigenvalue weighted by Crippen LogP contribution is 2.17. The first kappa shape index (κ1) is 16.3. The molecule has 0 spiro atoms. The number of fused-ring (bicyclic) bond motifs is 1. The molecule has 0 saturated carbocycles. The average Bonchev–Trinajstić information content (AvgIpc) is 2.51. The van der Waals surface area contributed by atoms with Gasteiger partial charge in [0.1, 0.15) is 12.2 Å². The molecule has 1 aromatic carbocycles. The number of hydrogen-bond donors (Lipinski definition) is 3. The average molecular weight is 319 g/mol. The summed E-state index contributed by atoms with van der Waals surface area (Å²) in [7, 11) is 0. The van der Waals surface area contributed by atoms with Crippen LogP contribution in [0.1, 0.15) is 12.0 Å². The van der Waals surface area contributed by atoms with Gasteiger partial charge in [0, 0.05) is 23.6 Å². The van der Waals surface area contributed by atoms with E-state index < -0.39 is 11.8 Å². The summed E-state index contributed by atoms with van der Waals surface area (Å²) >= 11 is 0. The number of carbonyl (C=O) groups excluding carboxylic acids is 1. The highest BCUT2D eigenvalue weighted by Gasteiger charge is 2.09. The zero-order valence-corrected chi connectivity index (χ0v) is 12.3. The van der Waals surface area contributed by atoms with Crippen LogP contribution in [0.2, 0.25) is 0 Å². The molecule has 0 bridgehead atoms. The molecule has 0 unspecified atom stereocenters. The van der Waals surface area contributed by atoms with E-state index in [1.165, 1.54) is 6.07 Å². The van der Waals surface area contributed by atoms with Gasteiger partial charge in [0.05, 0.1) is 6.61 Å². The number of para-hydroxylation sites is 1. The minimum absolute atomic E-state index is 0.0867. The van der Waals surface area contributed by atoms with Crippen LogP contribution in [-0.2, 0) is 16.1 Å². The molecule has 1 aromatic heterocycles. The SMILES string of the molecule is N=C(N)NCCCOC(=O)OCc1cc(=O)oc2ccccc12. The molecule has 8 heteroatoms. The largest absolute Gasteiger partial charge is 0.508 e. The van der Waals surface area contributed by atoms with E-state index in [4.69, 9.17) is 25.0 Å². The maximum atomic E-state index is 11.5. The molecular formula is C15H17N3O5. The van der Waals surface area contributed by atoms with Gasteiger partial charge < -0.3 is 24.9 Å². The number of carbonyl (C=O) groups is 1. The second-order valence-electron chi connectivity index (χ2n) is 4.67. The number of hydrogen-bond acceptors (Lipinski definition) is 6. The van der Waals surface area contributed by atoms with E-state index in [1.54, 1.807) is 24.3 Å². The van der Waals surface area contributed by atoms with Crippen LogP contribution in [0.3, 0.4) is 0 Å². The van der Waals surface area contributed by atoms with Crippen molar-refractivity contribution in [1.82, 2.24) is 5.32 Å². The van der Waals surface area contributed by atoms with E-state index >= 15 is 0 Å². The lowest BCUT2D eigenvalue weighted by Crippen LogP contribution is -2.31. The normalized spacial score (nSPS) is 10.3. The Bertz CT molecular complexity index is 756. The summed E-state index contributed by atoms with van der Waals surface area (Å²) in [5.74, 6) is -0.137. The predicted octanol–water partition coefficient (Wildman–Crippen LogP) is 1.32. The van der Waals surface area contributed by atoms with Crippen molar-refractivity contribution in [3.8, 4) is 0 Å². The first-order valence-corrected chi connectivity index (χ1v) is 6.95. The highest BCUT2D eigenvalue weighted by molar-refractivity contribution is 5.80. The highest BCUT2D eigenvalue weighted by atomic mass is 16.7. The number of ether oxygens (including phenoxy) is 2. The van der Waals surface area contributed by atoms with Gasteiger partial charge in [-0.05, 0) is 12.5 Å². The van der Waals surface area contributed by atoms with Crippen molar-refractivity contribution in [3.63, 3.8) is 0 Å². The van der Waals surface area contributed by atoms with E-state index in [0.29, 0.717) is 29.5 Å². The van der Waals surface area contributed by atoms with E-state index in [1.807, 2.05) is 0 Å². The van der Waals surface area contributed by atoms with Crippen molar-refractivity contribution in [3.05, 3.63) is 46.3 Å². The zero-order valence-electron chi connectivity index (χ0n) is 12.3. The van der Waals surface area contributed by atoms with E-state index in [0.717, 1.165) is 0 Å². The molecule has 0 amide bonds. The molecule has 2 rings (SSSR count). The predicted molar refractivity (Wildman–Crippen MR) is 83.2 cm³/mol. The van der Waals surface area contributed by atoms with Crippen molar-refractivity contribution in [2.24, 2.45) is 5.73 Å². The number of rotatable bonds is 6. The number of nitrogens with one attached hydrogen (secondary N) is 2. The molecule has 8 nitrogen and oxygen atoms in total. The second-order valence-corrected chi connectivity index (χ2v) is 4.67. The number of benzene rings is 1. The van der Waals surface area contributed by atoms with Crippen LogP contribution in [-0.4, -0.2) is 25.3 Å². The van der Waals surface area contributed by atoms with Gasteiger partial charge in [-0.1, -0.05) is 18.2 Å². The third kappa shape index (κ3) is 5.03. The molecule has 0 aliphatic heterocycles. The van der Waals surface area contributed by atoms with Gasteiger partial charge in [0.15, 0.2) is 5.96 Å². The van der Waals surface area contributed by atoms with Crippen LogP contribution in [0.25, 0.3) is 11.0 Å². The molecule has 122 valence electrons. The van der Waals surface area contributed by atoms with Gasteiger partial charge in [0.25, 0.3) is 0 Å². The molecule has 0 radical (unpaired) electrons. The Hall–Kier alpha value is -3.03. The maximum absolute atomic E-state index is 11.5. The zero-order chi connectivity index (χ0) is 16.7. The molecule has 2 aromatic rings. The monoisotopic (exact) mass is 319 g/mol. The summed E-state index contributed by atoms with van der Waals surface area (Å²) in [6, 6.07) is 8.27. The van der Waals surface area contributed by atoms with Crippen molar-refractivity contribution < 1.29 is 18.7 Å². The summed E-state index contributed by atoms with van der Waals surface area (Å²) in [5.41, 5.74) is 5.58. The summed E-state index contributed by atoms with van der Waals surface area (Å²) in [6.07, 6.45) is -0.336. The van der Waals surface area contributed by atoms with Crippen molar-refractivity contribution in [2.45, 2.75) is 13.0 Å². The van der Waals surface area contributed by atoms with E-state index in [9.17, 15) is 9.59 Å². The fourth-order valence-electron chi connectivity index (χ4n) is 1.93. The standard InChI is InChI=1S/C15H17N3O5/c16-14(17)18-6-3-7-21-15(20)22-9-10-8-13(19)23-12-5-2-1-4-11(10)12/h1-2,4-5,8H,3,6-7,9H2,(H4,16,17,18). The minimum Gasteiger partial charge on any atom is -0.434 e. The Balaban J connectivity index is 1.85. The van der Waals surface area contributed by atoms with Crippen LogP contribution >= 0.6 is 0 Å². The summed E-state index contributed by atoms with van der Waals surface area (Å²) < 4.78 is 14.9. The quantitative estimate of drug-likeness (QED) is 0.241. The maximum Gasteiger partial charge on any atom is 0.508 e. The van der Waals surface area contributed by atoms with E-state index in [2.05, 4.69) is 5.32 Å². The van der Waals surface area contributed by atoms with Gasteiger partial charge in [0.2, 0.25) is 0 Å². The first-order chi connectivity index (χ1) is 11.1. The fourth-order valence-corrected chi connectivity index (χ4v) is 1.93. The number of guanidine groups is 1. The third-order valence-corrected chi connectivity index (χ3v) is 2.94. The molecule has 23 heavy (non-hydrogen) atoms. The van der Waals surface area contributed by atoms with Crippen molar-refractivity contribution in [2.75, 3.05) is 13.2 Å². The Morgan fingerprint density at radius 3 is 2.87 bits per heavy atom. The summed E-state index contributed by atoms with van der Waals surface area (Å²) in [4.78, 5) is 23.0. The molecule has 0 saturated heterocycles. The molecular weight excluding hydrogens is 302 g/mol. The smallest absolute Gasteiger partial charge is 0.434 e. The Morgan fingerprint density at radius 1 is 1.30 bits per heavy atom. The lowest BCUT2D eigenvalue weighted by Gasteiger charge is -2.08. The van der Waals surface area contributed by atoms with Crippen LogP contribution in [0, 0.1) is 5.41 Å². The Labute approximate surface area is 131 Å². The van der Waals surface area contributed by atoms with Gasteiger partial charge in [-0.2, -0.15) is 0 Å².